The van der Waals surface area contributed by atoms with Crippen LogP contribution in [0, 0.1) is 0 Å². The molecule has 4 heteroatoms. The molecule has 0 atom stereocenters. The Morgan fingerprint density at radius 3 is 2.81 bits per heavy atom. The standard InChI is InChI=1S/C12H22N2OS/c1-4-6-10-11(9-13-2)16-12(14-10)7-5-8-15-3/h13H,4-9H2,1-3H3. The van der Waals surface area contributed by atoms with E-state index < -0.39 is 0 Å². The lowest BCUT2D eigenvalue weighted by atomic mass is 10.2. The third-order valence-corrected chi connectivity index (χ3v) is 3.54. The normalized spacial score (nSPS) is 10.9. The highest BCUT2D eigenvalue weighted by atomic mass is 32.1. The monoisotopic (exact) mass is 242 g/mol. The van der Waals surface area contributed by atoms with Crippen molar-refractivity contribution in [2.24, 2.45) is 0 Å². The van der Waals surface area contributed by atoms with Crippen LogP contribution in [0.15, 0.2) is 0 Å². The van der Waals surface area contributed by atoms with Crippen LogP contribution in [-0.2, 0) is 24.1 Å². The number of hydrogen-bond donors (Lipinski definition) is 1. The van der Waals surface area contributed by atoms with E-state index in [1.54, 1.807) is 7.11 Å². The topological polar surface area (TPSA) is 34.1 Å². The van der Waals surface area contributed by atoms with Crippen molar-refractivity contribution >= 4 is 11.3 Å². The lowest BCUT2D eigenvalue weighted by Gasteiger charge is -1.98. The van der Waals surface area contributed by atoms with Gasteiger partial charge in [-0.2, -0.15) is 0 Å². The number of aromatic nitrogens is 1. The van der Waals surface area contributed by atoms with E-state index in [9.17, 15) is 0 Å². The zero-order valence-electron chi connectivity index (χ0n) is 10.5. The summed E-state index contributed by atoms with van der Waals surface area (Å²) in [4.78, 5) is 6.11. The predicted molar refractivity (Wildman–Crippen MR) is 69.1 cm³/mol. The smallest absolute Gasteiger partial charge is 0.0932 e. The molecule has 0 unspecified atom stereocenters. The van der Waals surface area contributed by atoms with E-state index in [4.69, 9.17) is 9.72 Å². The molecule has 1 aromatic rings. The first-order valence-electron chi connectivity index (χ1n) is 5.92. The van der Waals surface area contributed by atoms with Gasteiger partial charge in [0, 0.05) is 31.6 Å². The van der Waals surface area contributed by atoms with Gasteiger partial charge in [-0.05, 0) is 19.9 Å². The van der Waals surface area contributed by atoms with E-state index in [0.29, 0.717) is 0 Å². The summed E-state index contributed by atoms with van der Waals surface area (Å²) >= 11 is 1.85. The second-order valence-corrected chi connectivity index (χ2v) is 5.02. The molecule has 0 radical (unpaired) electrons. The molecule has 0 amide bonds. The average Bonchev–Trinajstić information content (AvgIpc) is 2.63. The molecule has 0 saturated carbocycles. The van der Waals surface area contributed by atoms with Crippen LogP contribution in [0.5, 0.6) is 0 Å². The second kappa shape index (κ2) is 7.76. The molecule has 0 aromatic carbocycles. The molecule has 16 heavy (non-hydrogen) atoms. The van der Waals surface area contributed by atoms with Crippen molar-refractivity contribution in [2.75, 3.05) is 20.8 Å². The molecule has 0 bridgehead atoms. The van der Waals surface area contributed by atoms with Crippen molar-refractivity contribution in [2.45, 2.75) is 39.2 Å². The Hall–Kier alpha value is -0.450. The van der Waals surface area contributed by atoms with Gasteiger partial charge in [-0.15, -0.1) is 11.3 Å². The van der Waals surface area contributed by atoms with Gasteiger partial charge in [0.15, 0.2) is 0 Å². The van der Waals surface area contributed by atoms with E-state index in [2.05, 4.69) is 12.2 Å². The summed E-state index contributed by atoms with van der Waals surface area (Å²) in [5.74, 6) is 0. The summed E-state index contributed by atoms with van der Waals surface area (Å²) in [6.45, 7) is 3.97. The Bertz CT molecular complexity index is 276. The van der Waals surface area contributed by atoms with Crippen molar-refractivity contribution in [3.05, 3.63) is 15.6 Å². The lowest BCUT2D eigenvalue weighted by molar-refractivity contribution is 0.195. The van der Waals surface area contributed by atoms with Crippen LogP contribution in [0.2, 0.25) is 0 Å². The van der Waals surface area contributed by atoms with Gasteiger partial charge in [-0.25, -0.2) is 4.98 Å². The first-order valence-corrected chi connectivity index (χ1v) is 6.74. The number of ether oxygens (including phenoxy) is 1. The molecular formula is C12H22N2OS. The molecule has 0 saturated heterocycles. The van der Waals surface area contributed by atoms with Gasteiger partial charge < -0.3 is 10.1 Å². The van der Waals surface area contributed by atoms with Crippen LogP contribution >= 0.6 is 11.3 Å². The molecule has 0 aliphatic rings. The molecule has 92 valence electrons. The summed E-state index contributed by atoms with van der Waals surface area (Å²) in [5, 5.41) is 4.46. The lowest BCUT2D eigenvalue weighted by Crippen LogP contribution is -2.05. The Balaban J connectivity index is 2.60. The fourth-order valence-corrected chi connectivity index (χ4v) is 2.81. The number of nitrogens with one attached hydrogen (secondary N) is 1. The minimum atomic E-state index is 0.823. The number of nitrogens with zero attached hydrogens (tertiary/aromatic N) is 1. The van der Waals surface area contributed by atoms with E-state index in [1.165, 1.54) is 15.6 Å². The van der Waals surface area contributed by atoms with Crippen LogP contribution < -0.4 is 5.32 Å². The summed E-state index contributed by atoms with van der Waals surface area (Å²) in [6.07, 6.45) is 4.36. The highest BCUT2D eigenvalue weighted by Gasteiger charge is 2.09. The molecular weight excluding hydrogens is 220 g/mol. The van der Waals surface area contributed by atoms with Crippen molar-refractivity contribution in [3.63, 3.8) is 0 Å². The molecule has 0 aliphatic heterocycles. The van der Waals surface area contributed by atoms with Crippen LogP contribution in [0.25, 0.3) is 0 Å². The van der Waals surface area contributed by atoms with Crippen LogP contribution in [0.3, 0.4) is 0 Å². The fraction of sp³-hybridized carbons (Fsp3) is 0.750. The van der Waals surface area contributed by atoms with Crippen molar-refractivity contribution < 1.29 is 4.74 Å². The second-order valence-electron chi connectivity index (χ2n) is 3.85. The summed E-state index contributed by atoms with van der Waals surface area (Å²) in [6, 6.07) is 0. The third-order valence-electron chi connectivity index (χ3n) is 2.39. The molecule has 1 aromatic heterocycles. The zero-order valence-corrected chi connectivity index (χ0v) is 11.3. The van der Waals surface area contributed by atoms with E-state index in [1.807, 2.05) is 18.4 Å². The molecule has 0 spiro atoms. The van der Waals surface area contributed by atoms with Gasteiger partial charge in [0.05, 0.1) is 10.7 Å². The summed E-state index contributed by atoms with van der Waals surface area (Å²) < 4.78 is 5.06. The molecule has 0 aliphatic carbocycles. The molecule has 1 N–H and O–H groups in total. The maximum Gasteiger partial charge on any atom is 0.0932 e. The highest BCUT2D eigenvalue weighted by Crippen LogP contribution is 2.21. The largest absolute Gasteiger partial charge is 0.385 e. The minimum Gasteiger partial charge on any atom is -0.385 e. The SMILES string of the molecule is CCCc1nc(CCCOC)sc1CNC. The van der Waals surface area contributed by atoms with Crippen molar-refractivity contribution in [1.29, 1.82) is 0 Å². The van der Waals surface area contributed by atoms with Crippen molar-refractivity contribution in [1.82, 2.24) is 10.3 Å². The van der Waals surface area contributed by atoms with Gasteiger partial charge in [0.1, 0.15) is 0 Å². The van der Waals surface area contributed by atoms with Crippen LogP contribution in [0.1, 0.15) is 35.3 Å². The fourth-order valence-electron chi connectivity index (χ4n) is 1.64. The van der Waals surface area contributed by atoms with Crippen LogP contribution in [0.4, 0.5) is 0 Å². The number of methoxy groups -OCH3 is 1. The first-order chi connectivity index (χ1) is 7.81. The zero-order chi connectivity index (χ0) is 11.8. The Morgan fingerprint density at radius 2 is 2.19 bits per heavy atom. The van der Waals surface area contributed by atoms with Gasteiger partial charge in [-0.1, -0.05) is 13.3 Å². The minimum absolute atomic E-state index is 0.823. The number of rotatable bonds is 8. The molecule has 1 heterocycles. The van der Waals surface area contributed by atoms with Gasteiger partial charge in [-0.3, -0.25) is 0 Å². The van der Waals surface area contributed by atoms with E-state index >= 15 is 0 Å². The number of hydrogen-bond acceptors (Lipinski definition) is 4. The Labute approximate surface area is 102 Å². The predicted octanol–water partition coefficient (Wildman–Crippen LogP) is 2.39. The Kier molecular flexibility index (Phi) is 6.61. The first kappa shape index (κ1) is 13.6. The van der Waals surface area contributed by atoms with Gasteiger partial charge in [0.2, 0.25) is 0 Å². The van der Waals surface area contributed by atoms with E-state index in [-0.39, 0.29) is 0 Å². The molecule has 3 nitrogen and oxygen atoms in total. The average molecular weight is 242 g/mol. The van der Waals surface area contributed by atoms with Gasteiger partial charge in [0.25, 0.3) is 0 Å². The van der Waals surface area contributed by atoms with Crippen LogP contribution in [-0.4, -0.2) is 25.7 Å². The van der Waals surface area contributed by atoms with Gasteiger partial charge >= 0.3 is 0 Å². The number of aryl methyl sites for hydroxylation is 2. The quantitative estimate of drug-likeness (QED) is 0.711. The highest BCUT2D eigenvalue weighted by molar-refractivity contribution is 7.11. The van der Waals surface area contributed by atoms with E-state index in [0.717, 1.165) is 38.8 Å². The van der Waals surface area contributed by atoms with Crippen molar-refractivity contribution in [3.8, 4) is 0 Å². The maximum atomic E-state index is 5.06. The number of thiazole rings is 1. The molecule has 0 fully saturated rings. The summed E-state index contributed by atoms with van der Waals surface area (Å²) in [7, 11) is 3.73. The Morgan fingerprint density at radius 1 is 1.38 bits per heavy atom. The third kappa shape index (κ3) is 4.20. The maximum absolute atomic E-state index is 5.06. The molecule has 1 rings (SSSR count). The summed E-state index contributed by atoms with van der Waals surface area (Å²) in [5.41, 5.74) is 1.29.